The maximum atomic E-state index is 12.7. The van der Waals surface area contributed by atoms with Crippen LogP contribution in [0.25, 0.3) is 6.08 Å². The Hall–Kier alpha value is -3.48. The Balaban J connectivity index is 1.90. The van der Waals surface area contributed by atoms with E-state index in [1.54, 1.807) is 50.4 Å². The number of benzene rings is 2. The van der Waals surface area contributed by atoms with E-state index < -0.39 is 5.97 Å². The molecule has 0 atom stereocenters. The first kappa shape index (κ1) is 19.3. The van der Waals surface area contributed by atoms with Crippen LogP contribution in [0.2, 0.25) is 0 Å². The molecule has 0 aromatic heterocycles. The molecule has 0 amide bonds. The molecule has 7 heteroatoms. The van der Waals surface area contributed by atoms with Gasteiger partial charge in [-0.1, -0.05) is 0 Å². The Morgan fingerprint density at radius 1 is 1.07 bits per heavy atom. The molecule has 1 aliphatic heterocycles. The molecule has 0 fully saturated rings. The van der Waals surface area contributed by atoms with Crippen molar-refractivity contribution in [2.75, 3.05) is 27.9 Å². The van der Waals surface area contributed by atoms with E-state index in [1.165, 1.54) is 14.2 Å². The SMILES string of the molecule is COC(=O)COc1ccc2c(c1C)O/C(=C\c1ccc(OC)cc1OC)C2=O. The van der Waals surface area contributed by atoms with Crippen molar-refractivity contribution < 1.29 is 33.3 Å². The minimum absolute atomic E-state index is 0.173. The van der Waals surface area contributed by atoms with E-state index in [-0.39, 0.29) is 18.1 Å². The van der Waals surface area contributed by atoms with Gasteiger partial charge in [0.25, 0.3) is 0 Å². The third kappa shape index (κ3) is 3.64. The van der Waals surface area contributed by atoms with Gasteiger partial charge in [0.2, 0.25) is 5.78 Å². The summed E-state index contributed by atoms with van der Waals surface area (Å²) in [6.45, 7) is 1.53. The predicted molar refractivity (Wildman–Crippen MR) is 101 cm³/mol. The van der Waals surface area contributed by atoms with Crippen LogP contribution in [-0.2, 0) is 9.53 Å². The minimum Gasteiger partial charge on any atom is -0.497 e. The van der Waals surface area contributed by atoms with Crippen molar-refractivity contribution in [3.8, 4) is 23.0 Å². The lowest BCUT2D eigenvalue weighted by atomic mass is 10.1. The number of ketones is 1. The molecule has 0 bridgehead atoms. The molecule has 1 aliphatic rings. The molecular formula is C21H20O7. The first-order valence-electron chi connectivity index (χ1n) is 8.48. The standard InChI is InChI=1S/C21H20O7/c1-12-16(27-11-19(22)26-4)8-7-15-20(23)18(28-21(12)15)9-13-5-6-14(24-2)10-17(13)25-3/h5-10H,11H2,1-4H3/b18-9-. The van der Waals surface area contributed by atoms with Crippen LogP contribution < -0.4 is 18.9 Å². The number of methoxy groups -OCH3 is 3. The fourth-order valence-corrected chi connectivity index (χ4v) is 2.80. The number of hydrogen-bond donors (Lipinski definition) is 0. The van der Waals surface area contributed by atoms with Gasteiger partial charge in [-0.15, -0.1) is 0 Å². The molecular weight excluding hydrogens is 364 g/mol. The maximum Gasteiger partial charge on any atom is 0.343 e. The van der Waals surface area contributed by atoms with Crippen molar-refractivity contribution >= 4 is 17.8 Å². The molecule has 1 heterocycles. The Morgan fingerprint density at radius 2 is 1.86 bits per heavy atom. The van der Waals surface area contributed by atoms with E-state index in [0.717, 1.165) is 0 Å². The van der Waals surface area contributed by atoms with Gasteiger partial charge in [-0.3, -0.25) is 4.79 Å². The van der Waals surface area contributed by atoms with Crippen molar-refractivity contribution in [1.29, 1.82) is 0 Å². The lowest BCUT2D eigenvalue weighted by molar-refractivity contribution is -0.142. The van der Waals surface area contributed by atoms with Gasteiger partial charge in [-0.05, 0) is 37.3 Å². The number of fused-ring (bicyclic) bond motifs is 1. The second-order valence-corrected chi connectivity index (χ2v) is 5.98. The Bertz CT molecular complexity index is 959. The number of esters is 1. The van der Waals surface area contributed by atoms with Gasteiger partial charge < -0.3 is 23.7 Å². The summed E-state index contributed by atoms with van der Waals surface area (Å²) in [7, 11) is 4.39. The summed E-state index contributed by atoms with van der Waals surface area (Å²) in [6.07, 6.45) is 1.62. The molecule has 28 heavy (non-hydrogen) atoms. The summed E-state index contributed by atoms with van der Waals surface area (Å²) in [6, 6.07) is 8.52. The minimum atomic E-state index is -0.496. The van der Waals surface area contributed by atoms with Crippen LogP contribution in [0.4, 0.5) is 0 Å². The van der Waals surface area contributed by atoms with E-state index in [0.29, 0.717) is 39.7 Å². The Kier molecular flexibility index (Phi) is 5.54. The first-order chi connectivity index (χ1) is 13.5. The van der Waals surface area contributed by atoms with Gasteiger partial charge in [0, 0.05) is 17.2 Å². The summed E-state index contributed by atoms with van der Waals surface area (Å²) in [4.78, 5) is 24.0. The van der Waals surface area contributed by atoms with Crippen molar-refractivity contribution in [2.24, 2.45) is 0 Å². The number of carbonyl (C=O) groups excluding carboxylic acids is 2. The van der Waals surface area contributed by atoms with E-state index in [1.807, 2.05) is 0 Å². The van der Waals surface area contributed by atoms with Crippen LogP contribution in [-0.4, -0.2) is 39.7 Å². The number of allylic oxidation sites excluding steroid dienone is 1. The highest BCUT2D eigenvalue weighted by Gasteiger charge is 2.30. The monoisotopic (exact) mass is 384 g/mol. The number of hydrogen-bond acceptors (Lipinski definition) is 7. The van der Waals surface area contributed by atoms with E-state index in [2.05, 4.69) is 4.74 Å². The summed E-state index contributed by atoms with van der Waals surface area (Å²) >= 11 is 0. The normalized spacial score (nSPS) is 13.7. The molecule has 0 radical (unpaired) electrons. The summed E-state index contributed by atoms with van der Waals surface area (Å²) in [5.41, 5.74) is 1.74. The highest BCUT2D eigenvalue weighted by Crippen LogP contribution is 2.40. The van der Waals surface area contributed by atoms with Crippen LogP contribution >= 0.6 is 0 Å². The summed E-state index contributed by atoms with van der Waals surface area (Å²) < 4.78 is 26.4. The zero-order chi connectivity index (χ0) is 20.3. The van der Waals surface area contributed by atoms with Crippen molar-refractivity contribution in [1.82, 2.24) is 0 Å². The van der Waals surface area contributed by atoms with Gasteiger partial charge in [0.1, 0.15) is 23.0 Å². The molecule has 0 unspecified atom stereocenters. The van der Waals surface area contributed by atoms with Crippen molar-refractivity contribution in [2.45, 2.75) is 6.92 Å². The van der Waals surface area contributed by atoms with Crippen LogP contribution in [0.1, 0.15) is 21.5 Å². The number of Topliss-reactive ketones (excluding diaryl/α,β-unsaturated/α-hetero) is 1. The number of ether oxygens (including phenoxy) is 5. The zero-order valence-corrected chi connectivity index (χ0v) is 16.0. The average molecular weight is 384 g/mol. The van der Waals surface area contributed by atoms with Crippen LogP contribution in [0, 0.1) is 6.92 Å². The van der Waals surface area contributed by atoms with E-state index in [9.17, 15) is 9.59 Å². The number of carbonyl (C=O) groups is 2. The van der Waals surface area contributed by atoms with Crippen LogP contribution in [0.5, 0.6) is 23.0 Å². The largest absolute Gasteiger partial charge is 0.497 e. The molecule has 0 spiro atoms. The molecule has 7 nitrogen and oxygen atoms in total. The Labute approximate surface area is 162 Å². The molecule has 0 saturated heterocycles. The summed E-state index contributed by atoms with van der Waals surface area (Å²) in [5, 5.41) is 0. The highest BCUT2D eigenvalue weighted by molar-refractivity contribution is 6.15. The van der Waals surface area contributed by atoms with Crippen molar-refractivity contribution in [3.63, 3.8) is 0 Å². The topological polar surface area (TPSA) is 80.3 Å². The fourth-order valence-electron chi connectivity index (χ4n) is 2.80. The first-order valence-corrected chi connectivity index (χ1v) is 8.48. The van der Waals surface area contributed by atoms with E-state index >= 15 is 0 Å². The lowest BCUT2D eigenvalue weighted by Crippen LogP contribution is -2.13. The third-order valence-corrected chi connectivity index (χ3v) is 4.34. The van der Waals surface area contributed by atoms with E-state index in [4.69, 9.17) is 18.9 Å². The second kappa shape index (κ2) is 8.04. The van der Waals surface area contributed by atoms with Gasteiger partial charge >= 0.3 is 5.97 Å². The quantitative estimate of drug-likeness (QED) is 0.559. The average Bonchev–Trinajstić information content (AvgIpc) is 3.03. The smallest absolute Gasteiger partial charge is 0.343 e. The lowest BCUT2D eigenvalue weighted by Gasteiger charge is -2.10. The van der Waals surface area contributed by atoms with Crippen LogP contribution in [0.3, 0.4) is 0 Å². The molecule has 2 aromatic carbocycles. The second-order valence-electron chi connectivity index (χ2n) is 5.98. The number of rotatable bonds is 6. The molecule has 0 aliphatic carbocycles. The molecule has 146 valence electrons. The van der Waals surface area contributed by atoms with Gasteiger partial charge in [-0.25, -0.2) is 4.79 Å². The molecule has 3 rings (SSSR count). The fraction of sp³-hybridized carbons (Fsp3) is 0.238. The maximum absolute atomic E-state index is 12.7. The van der Waals surface area contributed by atoms with Gasteiger partial charge in [0.05, 0.1) is 26.9 Å². The van der Waals surface area contributed by atoms with Crippen LogP contribution in [0.15, 0.2) is 36.1 Å². The Morgan fingerprint density at radius 3 is 2.54 bits per heavy atom. The molecule has 0 N–H and O–H groups in total. The third-order valence-electron chi connectivity index (χ3n) is 4.34. The van der Waals surface area contributed by atoms with Crippen molar-refractivity contribution in [3.05, 3.63) is 52.8 Å². The predicted octanol–water partition coefficient (Wildman–Crippen LogP) is 3.18. The highest BCUT2D eigenvalue weighted by atomic mass is 16.6. The summed E-state index contributed by atoms with van der Waals surface area (Å²) in [5.74, 6) is 1.49. The van der Waals surface area contributed by atoms with Gasteiger partial charge in [0.15, 0.2) is 12.4 Å². The molecule has 2 aromatic rings. The molecule has 0 saturated carbocycles. The van der Waals surface area contributed by atoms with Gasteiger partial charge in [-0.2, -0.15) is 0 Å². The zero-order valence-electron chi connectivity index (χ0n) is 16.0.